The molecule has 2 aliphatic carbocycles. The Morgan fingerprint density at radius 2 is 1.60 bits per heavy atom. The van der Waals surface area contributed by atoms with Crippen molar-refractivity contribution in [1.82, 2.24) is 0 Å². The zero-order chi connectivity index (χ0) is 19.2. The van der Waals surface area contributed by atoms with E-state index in [1.54, 1.807) is 0 Å². The number of alkyl halides is 6. The number of rotatable bonds is 5. The van der Waals surface area contributed by atoms with Gasteiger partial charge in [-0.2, -0.15) is 26.3 Å². The summed E-state index contributed by atoms with van der Waals surface area (Å²) in [4.78, 5) is 11.8. The lowest BCUT2D eigenvalue weighted by Crippen LogP contribution is -2.57. The number of carbonyl (C=O) groups is 1. The second-order valence-electron chi connectivity index (χ2n) is 7.40. The molecule has 3 nitrogen and oxygen atoms in total. The minimum absolute atomic E-state index is 0.00527. The third-order valence-corrected chi connectivity index (χ3v) is 6.13. The van der Waals surface area contributed by atoms with Crippen molar-refractivity contribution < 1.29 is 41.0 Å². The largest absolute Gasteiger partial charge is 0.466 e. The van der Waals surface area contributed by atoms with Crippen molar-refractivity contribution in [3.8, 4) is 0 Å². The van der Waals surface area contributed by atoms with Gasteiger partial charge in [0.2, 0.25) is 0 Å². The van der Waals surface area contributed by atoms with Crippen LogP contribution in [0.5, 0.6) is 0 Å². The van der Waals surface area contributed by atoms with Crippen molar-refractivity contribution in [3.05, 3.63) is 0 Å². The average Bonchev–Trinajstić information content (AvgIpc) is 2.96. The molecule has 0 aliphatic heterocycles. The molecule has 0 heterocycles. The minimum atomic E-state index is -5.90. The highest BCUT2D eigenvalue weighted by molar-refractivity contribution is 5.69. The Balaban J connectivity index is 1.85. The lowest BCUT2D eigenvalue weighted by molar-refractivity contribution is -0.371. The van der Waals surface area contributed by atoms with E-state index in [1.165, 1.54) is 0 Å². The van der Waals surface area contributed by atoms with Crippen LogP contribution in [0.15, 0.2) is 0 Å². The van der Waals surface area contributed by atoms with Gasteiger partial charge < -0.3 is 9.84 Å². The number of esters is 1. The van der Waals surface area contributed by atoms with Crippen LogP contribution in [0.25, 0.3) is 0 Å². The molecule has 0 aromatic heterocycles. The highest BCUT2D eigenvalue weighted by atomic mass is 19.4. The van der Waals surface area contributed by atoms with E-state index in [1.807, 2.05) is 0 Å². The molecule has 5 atom stereocenters. The van der Waals surface area contributed by atoms with E-state index in [0.717, 1.165) is 12.8 Å². The molecular weight excluding hydrogens is 354 g/mol. The first kappa shape index (κ1) is 20.3. The summed E-state index contributed by atoms with van der Waals surface area (Å²) < 4.78 is 79.7. The Morgan fingerprint density at radius 1 is 1.04 bits per heavy atom. The molecule has 0 aromatic carbocycles. The van der Waals surface area contributed by atoms with Crippen LogP contribution in [0.2, 0.25) is 0 Å². The number of fused-ring (bicyclic) bond motifs is 2. The molecule has 0 saturated heterocycles. The zero-order valence-electron chi connectivity index (χ0n) is 14.0. The van der Waals surface area contributed by atoms with Gasteiger partial charge in [-0.3, -0.25) is 4.79 Å². The summed E-state index contributed by atoms with van der Waals surface area (Å²) >= 11 is 0. The number of hydrogen-bond donors (Lipinski definition) is 1. The van der Waals surface area contributed by atoms with Crippen molar-refractivity contribution in [3.63, 3.8) is 0 Å². The molecule has 1 N–H and O–H groups in total. The first-order valence-corrected chi connectivity index (χ1v) is 8.29. The first-order chi connectivity index (χ1) is 11.3. The lowest BCUT2D eigenvalue weighted by atomic mass is 9.74. The van der Waals surface area contributed by atoms with Gasteiger partial charge in [-0.05, 0) is 42.4 Å². The summed E-state index contributed by atoms with van der Waals surface area (Å²) in [5.74, 6) is 1.10. The van der Waals surface area contributed by atoms with E-state index in [0.29, 0.717) is 23.7 Å². The topological polar surface area (TPSA) is 46.5 Å². The number of carbonyl (C=O) groups excluding carboxylic acids is 1. The molecule has 146 valence electrons. The average molecular weight is 376 g/mol. The minimum Gasteiger partial charge on any atom is -0.466 e. The van der Waals surface area contributed by atoms with Gasteiger partial charge in [0.1, 0.15) is 0 Å². The molecule has 9 heteroatoms. The van der Waals surface area contributed by atoms with Crippen molar-refractivity contribution >= 4 is 5.97 Å². The normalized spacial score (nSPS) is 32.9. The van der Waals surface area contributed by atoms with Gasteiger partial charge in [0, 0.05) is 12.8 Å². The fraction of sp³-hybridized carbons (Fsp3) is 0.938. The summed E-state index contributed by atoms with van der Waals surface area (Å²) in [5.41, 5.74) is -4.88. The number of ether oxygens (including phenoxy) is 1. The van der Waals surface area contributed by atoms with Crippen LogP contribution in [0.3, 0.4) is 0 Å². The first-order valence-electron chi connectivity index (χ1n) is 8.29. The van der Waals surface area contributed by atoms with Crippen LogP contribution in [0.4, 0.5) is 26.3 Å². The summed E-state index contributed by atoms with van der Waals surface area (Å²) in [7, 11) is 0. The highest BCUT2D eigenvalue weighted by Gasteiger charge is 2.70. The van der Waals surface area contributed by atoms with Gasteiger partial charge in [0.25, 0.3) is 5.60 Å². The van der Waals surface area contributed by atoms with Crippen molar-refractivity contribution in [2.75, 3.05) is 6.61 Å². The van der Waals surface area contributed by atoms with E-state index >= 15 is 0 Å². The van der Waals surface area contributed by atoms with Gasteiger partial charge in [0.15, 0.2) is 0 Å². The number of hydrogen-bond acceptors (Lipinski definition) is 3. The Morgan fingerprint density at radius 3 is 2.04 bits per heavy atom. The van der Waals surface area contributed by atoms with Gasteiger partial charge in [0.05, 0.1) is 6.61 Å². The van der Waals surface area contributed by atoms with Gasteiger partial charge >= 0.3 is 18.3 Å². The second-order valence-corrected chi connectivity index (χ2v) is 7.40. The number of halogens is 6. The molecule has 0 spiro atoms. The van der Waals surface area contributed by atoms with Crippen LogP contribution in [-0.4, -0.2) is 35.6 Å². The SMILES string of the molecule is CC1C2CC(CC(=O)OCCC(O)(C(F)(F)F)C(F)(F)F)C(C2)C1C. The molecule has 2 rings (SSSR count). The summed E-state index contributed by atoms with van der Waals surface area (Å²) in [6, 6.07) is 0. The molecule has 2 fully saturated rings. The Bertz CT molecular complexity index is 485. The maximum atomic E-state index is 12.5. The monoisotopic (exact) mass is 376 g/mol. The molecule has 5 unspecified atom stereocenters. The smallest absolute Gasteiger partial charge is 0.426 e. The fourth-order valence-corrected chi connectivity index (χ4v) is 4.36. The molecule has 2 aliphatic rings. The van der Waals surface area contributed by atoms with Gasteiger partial charge in [-0.15, -0.1) is 0 Å². The van der Waals surface area contributed by atoms with Crippen LogP contribution in [-0.2, 0) is 9.53 Å². The van der Waals surface area contributed by atoms with E-state index in [9.17, 15) is 31.1 Å². The fourth-order valence-electron chi connectivity index (χ4n) is 4.36. The van der Waals surface area contributed by atoms with Crippen LogP contribution < -0.4 is 0 Å². The van der Waals surface area contributed by atoms with E-state index in [2.05, 4.69) is 18.6 Å². The maximum Gasteiger partial charge on any atom is 0.426 e. The zero-order valence-corrected chi connectivity index (χ0v) is 14.0. The predicted octanol–water partition coefficient (Wildman–Crippen LogP) is 4.09. The highest BCUT2D eigenvalue weighted by Crippen LogP contribution is 2.55. The van der Waals surface area contributed by atoms with Crippen molar-refractivity contribution in [2.45, 2.75) is 57.5 Å². The third kappa shape index (κ3) is 3.75. The van der Waals surface area contributed by atoms with Crippen LogP contribution >= 0.6 is 0 Å². The summed E-state index contributed by atoms with van der Waals surface area (Å²) in [5, 5.41) is 8.99. The quantitative estimate of drug-likeness (QED) is 0.581. The van der Waals surface area contributed by atoms with Gasteiger partial charge in [-0.25, -0.2) is 0 Å². The second kappa shape index (κ2) is 6.63. The molecule has 0 aromatic rings. The van der Waals surface area contributed by atoms with Crippen LogP contribution in [0.1, 0.15) is 39.5 Å². The Hall–Kier alpha value is -0.990. The van der Waals surface area contributed by atoms with E-state index in [4.69, 9.17) is 5.11 Å². The standard InChI is InChI=1S/C16H22F6O3/c1-8-9(2)12-6-10(8)5-11(12)7-13(23)25-4-3-14(24,15(17,18)19)16(20,21)22/h8-12,24H,3-7H2,1-2H3. The van der Waals surface area contributed by atoms with Crippen LogP contribution in [0, 0.1) is 29.6 Å². The maximum absolute atomic E-state index is 12.5. The van der Waals surface area contributed by atoms with Crippen molar-refractivity contribution in [2.24, 2.45) is 29.6 Å². The van der Waals surface area contributed by atoms with E-state index < -0.39 is 37.0 Å². The molecule has 0 radical (unpaired) electrons. The molecule has 2 saturated carbocycles. The molecule has 2 bridgehead atoms. The lowest BCUT2D eigenvalue weighted by Gasteiger charge is -2.32. The van der Waals surface area contributed by atoms with Crippen molar-refractivity contribution in [1.29, 1.82) is 0 Å². The van der Waals surface area contributed by atoms with E-state index in [-0.39, 0.29) is 12.3 Å². The summed E-state index contributed by atoms with van der Waals surface area (Å²) in [6.45, 7) is 3.11. The molecule has 0 amide bonds. The third-order valence-electron chi connectivity index (χ3n) is 6.13. The Kier molecular flexibility index (Phi) is 5.39. The summed E-state index contributed by atoms with van der Waals surface area (Å²) in [6.07, 6.45) is -11.7. The van der Waals surface area contributed by atoms with Gasteiger partial charge in [-0.1, -0.05) is 13.8 Å². The predicted molar refractivity (Wildman–Crippen MR) is 75.3 cm³/mol. The molecule has 25 heavy (non-hydrogen) atoms. The number of aliphatic hydroxyl groups is 1. The Labute approximate surface area is 141 Å². The molecular formula is C16H22F6O3.